The fraction of sp³-hybridized carbons (Fsp3) is 0.625. The molecule has 0 aromatic heterocycles. The van der Waals surface area contributed by atoms with Gasteiger partial charge in [0.25, 0.3) is 0 Å². The highest BCUT2D eigenvalue weighted by Crippen LogP contribution is 2.34. The first-order valence-corrected chi connectivity index (χ1v) is 7.27. The lowest BCUT2D eigenvalue weighted by molar-refractivity contribution is -0.0706. The predicted octanol–water partition coefficient (Wildman–Crippen LogP) is 1.89. The van der Waals surface area contributed by atoms with Gasteiger partial charge in [-0.1, -0.05) is 18.2 Å². The number of hydrogen-bond acceptors (Lipinski definition) is 4. The second-order valence-corrected chi connectivity index (χ2v) is 5.60. The van der Waals surface area contributed by atoms with Crippen LogP contribution in [0.4, 0.5) is 0 Å². The third-order valence-electron chi connectivity index (χ3n) is 4.05. The number of para-hydroxylation sites is 1. The van der Waals surface area contributed by atoms with Gasteiger partial charge in [-0.15, -0.1) is 0 Å². The minimum absolute atomic E-state index is 0.00338. The van der Waals surface area contributed by atoms with Gasteiger partial charge in [0, 0.05) is 20.2 Å². The highest BCUT2D eigenvalue weighted by Gasteiger charge is 2.36. The summed E-state index contributed by atoms with van der Waals surface area (Å²) in [6, 6.07) is 7.83. The van der Waals surface area contributed by atoms with Gasteiger partial charge in [0.1, 0.15) is 18.5 Å². The SMILES string of the molecule is COC1(CNCC(O)COc2ccccc2C)CCC1. The van der Waals surface area contributed by atoms with Gasteiger partial charge in [0.05, 0.1) is 5.60 Å². The van der Waals surface area contributed by atoms with E-state index in [-0.39, 0.29) is 5.60 Å². The maximum Gasteiger partial charge on any atom is 0.122 e. The van der Waals surface area contributed by atoms with E-state index in [1.165, 1.54) is 6.42 Å². The molecule has 1 aliphatic rings. The second-order valence-electron chi connectivity index (χ2n) is 5.60. The van der Waals surface area contributed by atoms with E-state index in [1.807, 2.05) is 31.2 Å². The number of ether oxygens (including phenoxy) is 2. The minimum Gasteiger partial charge on any atom is -0.491 e. The van der Waals surface area contributed by atoms with Gasteiger partial charge in [-0.25, -0.2) is 0 Å². The number of aryl methyl sites for hydroxylation is 1. The summed E-state index contributed by atoms with van der Waals surface area (Å²) >= 11 is 0. The van der Waals surface area contributed by atoms with Crippen LogP contribution in [0.5, 0.6) is 5.75 Å². The zero-order valence-corrected chi connectivity index (χ0v) is 12.4. The predicted molar refractivity (Wildman–Crippen MR) is 79.1 cm³/mol. The van der Waals surface area contributed by atoms with E-state index in [4.69, 9.17) is 9.47 Å². The van der Waals surface area contributed by atoms with Gasteiger partial charge in [0.15, 0.2) is 0 Å². The third kappa shape index (κ3) is 3.95. The maximum atomic E-state index is 9.93. The van der Waals surface area contributed by atoms with Crippen molar-refractivity contribution in [1.82, 2.24) is 5.32 Å². The Labute approximate surface area is 121 Å². The van der Waals surface area contributed by atoms with Gasteiger partial charge < -0.3 is 19.9 Å². The largest absolute Gasteiger partial charge is 0.491 e. The number of benzene rings is 1. The van der Waals surface area contributed by atoms with Crippen molar-refractivity contribution >= 4 is 0 Å². The molecule has 20 heavy (non-hydrogen) atoms. The van der Waals surface area contributed by atoms with Crippen molar-refractivity contribution in [3.8, 4) is 5.75 Å². The summed E-state index contributed by atoms with van der Waals surface area (Å²) in [7, 11) is 1.76. The van der Waals surface area contributed by atoms with Gasteiger partial charge in [-0.2, -0.15) is 0 Å². The summed E-state index contributed by atoms with van der Waals surface area (Å²) in [5.41, 5.74) is 1.08. The molecule has 1 atom stereocenters. The maximum absolute atomic E-state index is 9.93. The highest BCUT2D eigenvalue weighted by molar-refractivity contribution is 5.31. The molecule has 2 rings (SSSR count). The molecule has 0 heterocycles. The molecular weight excluding hydrogens is 254 g/mol. The van der Waals surface area contributed by atoms with Crippen LogP contribution in [0.2, 0.25) is 0 Å². The molecule has 4 heteroatoms. The molecule has 0 spiro atoms. The fourth-order valence-electron chi connectivity index (χ4n) is 2.45. The highest BCUT2D eigenvalue weighted by atomic mass is 16.5. The monoisotopic (exact) mass is 279 g/mol. The van der Waals surface area contributed by atoms with E-state index in [0.29, 0.717) is 13.2 Å². The van der Waals surface area contributed by atoms with E-state index in [1.54, 1.807) is 7.11 Å². The van der Waals surface area contributed by atoms with Crippen LogP contribution in [0.25, 0.3) is 0 Å². The van der Waals surface area contributed by atoms with Crippen molar-refractivity contribution in [3.63, 3.8) is 0 Å². The molecular formula is C16H25NO3. The first-order chi connectivity index (χ1) is 9.65. The molecule has 0 amide bonds. The first kappa shape index (κ1) is 15.3. The van der Waals surface area contributed by atoms with E-state index in [2.05, 4.69) is 5.32 Å². The van der Waals surface area contributed by atoms with Crippen molar-refractivity contribution in [2.24, 2.45) is 0 Å². The van der Waals surface area contributed by atoms with Crippen molar-refractivity contribution < 1.29 is 14.6 Å². The lowest BCUT2D eigenvalue weighted by Gasteiger charge is -2.40. The van der Waals surface area contributed by atoms with Crippen LogP contribution < -0.4 is 10.1 Å². The summed E-state index contributed by atoms with van der Waals surface area (Å²) in [6.45, 7) is 3.62. The van der Waals surface area contributed by atoms with E-state index in [0.717, 1.165) is 30.7 Å². The average molecular weight is 279 g/mol. The molecule has 112 valence electrons. The Bertz CT molecular complexity index is 412. The molecule has 1 saturated carbocycles. The number of nitrogens with one attached hydrogen (secondary N) is 1. The van der Waals surface area contributed by atoms with Crippen LogP contribution in [0.1, 0.15) is 24.8 Å². The third-order valence-corrected chi connectivity index (χ3v) is 4.05. The molecule has 0 radical (unpaired) electrons. The second kappa shape index (κ2) is 7.07. The van der Waals surface area contributed by atoms with Crippen molar-refractivity contribution in [1.29, 1.82) is 0 Å². The molecule has 1 aliphatic carbocycles. The van der Waals surface area contributed by atoms with Crippen LogP contribution in [-0.4, -0.2) is 43.6 Å². The van der Waals surface area contributed by atoms with Crippen LogP contribution in [0.3, 0.4) is 0 Å². The number of hydrogen-bond donors (Lipinski definition) is 2. The van der Waals surface area contributed by atoms with Crippen LogP contribution in [0.15, 0.2) is 24.3 Å². The minimum atomic E-state index is -0.511. The Morgan fingerprint density at radius 1 is 1.35 bits per heavy atom. The van der Waals surface area contributed by atoms with Crippen LogP contribution in [-0.2, 0) is 4.74 Å². The van der Waals surface area contributed by atoms with Crippen LogP contribution in [0, 0.1) is 6.92 Å². The number of aliphatic hydroxyl groups excluding tert-OH is 1. The summed E-state index contributed by atoms with van der Waals surface area (Å²) < 4.78 is 11.2. The summed E-state index contributed by atoms with van der Waals surface area (Å²) in [5, 5.41) is 13.2. The molecule has 4 nitrogen and oxygen atoms in total. The Kier molecular flexibility index (Phi) is 5.40. The molecule has 0 saturated heterocycles. The molecule has 1 unspecified atom stereocenters. The molecule has 1 fully saturated rings. The number of aliphatic hydroxyl groups is 1. The molecule has 2 N–H and O–H groups in total. The summed E-state index contributed by atoms with van der Waals surface area (Å²) in [4.78, 5) is 0. The van der Waals surface area contributed by atoms with Gasteiger partial charge in [-0.3, -0.25) is 0 Å². The van der Waals surface area contributed by atoms with Crippen molar-refractivity contribution in [3.05, 3.63) is 29.8 Å². The van der Waals surface area contributed by atoms with Crippen LogP contribution >= 0.6 is 0 Å². The average Bonchev–Trinajstić information content (AvgIpc) is 2.41. The number of rotatable bonds is 8. The Hall–Kier alpha value is -1.10. The zero-order valence-electron chi connectivity index (χ0n) is 12.4. The zero-order chi connectivity index (χ0) is 14.4. The summed E-state index contributed by atoms with van der Waals surface area (Å²) in [6.07, 6.45) is 2.93. The van der Waals surface area contributed by atoms with Gasteiger partial charge in [-0.05, 0) is 37.8 Å². The van der Waals surface area contributed by atoms with Crippen molar-refractivity contribution in [2.45, 2.75) is 37.9 Å². The van der Waals surface area contributed by atoms with E-state index in [9.17, 15) is 5.11 Å². The number of methoxy groups -OCH3 is 1. The quantitative estimate of drug-likeness (QED) is 0.763. The van der Waals surface area contributed by atoms with Gasteiger partial charge in [0.2, 0.25) is 0 Å². The van der Waals surface area contributed by atoms with E-state index >= 15 is 0 Å². The fourth-order valence-corrected chi connectivity index (χ4v) is 2.45. The molecule has 1 aromatic carbocycles. The Morgan fingerprint density at radius 3 is 2.70 bits per heavy atom. The molecule has 0 aliphatic heterocycles. The first-order valence-electron chi connectivity index (χ1n) is 7.27. The topological polar surface area (TPSA) is 50.7 Å². The lowest BCUT2D eigenvalue weighted by Crippen LogP contribution is -2.49. The summed E-state index contributed by atoms with van der Waals surface area (Å²) in [5.74, 6) is 0.832. The normalized spacial score (nSPS) is 18.4. The lowest BCUT2D eigenvalue weighted by atomic mass is 9.80. The standard InChI is InChI=1S/C16H25NO3/c1-13-6-3-4-7-15(13)20-11-14(18)10-17-12-16(19-2)8-5-9-16/h3-4,6-7,14,17-18H,5,8-12H2,1-2H3. The Morgan fingerprint density at radius 2 is 2.10 bits per heavy atom. The van der Waals surface area contributed by atoms with Gasteiger partial charge >= 0.3 is 0 Å². The van der Waals surface area contributed by atoms with Crippen molar-refractivity contribution in [2.75, 3.05) is 26.8 Å². The molecule has 0 bridgehead atoms. The molecule has 1 aromatic rings. The smallest absolute Gasteiger partial charge is 0.122 e. The Balaban J connectivity index is 1.65. The van der Waals surface area contributed by atoms with E-state index < -0.39 is 6.10 Å².